The molecule has 57 heavy (non-hydrogen) atoms. The van der Waals surface area contributed by atoms with Crippen LogP contribution >= 0.6 is 0 Å². The average Bonchev–Trinajstić information content (AvgIpc) is 3.09. The molecule has 15 heteroatoms. The fourth-order valence-corrected chi connectivity index (χ4v) is 12.3. The largest absolute Gasteiger partial charge is 0.499 e. The van der Waals surface area contributed by atoms with E-state index in [1.54, 1.807) is 6.26 Å². The number of hydrogen-bond acceptors (Lipinski definition) is 6. The molecule has 0 radical (unpaired) electrons. The Bertz CT molecular complexity index is 1330. The van der Waals surface area contributed by atoms with E-state index in [9.17, 15) is 49.4 Å². The fraction of sp³-hybridized carbons (Fsp3) is 0.833. The molecule has 4 unspecified atom stereocenters. The van der Waals surface area contributed by atoms with Crippen LogP contribution in [-0.4, -0.2) is 60.6 Å². The summed E-state index contributed by atoms with van der Waals surface area (Å²) in [6.45, 7) is 11.3. The number of aliphatic hydroxyl groups is 1. The number of ether oxygens (including phenoxy) is 4. The first-order valence-corrected chi connectivity index (χ1v) is 20.3. The van der Waals surface area contributed by atoms with Crippen LogP contribution < -0.4 is 0 Å². The van der Waals surface area contributed by atoms with Crippen LogP contribution in [0, 0.1) is 64.1 Å². The summed E-state index contributed by atoms with van der Waals surface area (Å²) in [7, 11) is 0. The van der Waals surface area contributed by atoms with Crippen molar-refractivity contribution in [2.24, 2.45) is 64.1 Å². The molecule has 9 rings (SSSR count). The quantitative estimate of drug-likeness (QED) is 0.0968. The van der Waals surface area contributed by atoms with Crippen molar-refractivity contribution in [2.45, 2.75) is 140 Å². The Morgan fingerprint density at radius 2 is 1.07 bits per heavy atom. The van der Waals surface area contributed by atoms with Gasteiger partial charge in [-0.3, -0.25) is 4.79 Å². The predicted molar refractivity (Wildman–Crippen MR) is 193 cm³/mol. The van der Waals surface area contributed by atoms with E-state index in [2.05, 4.69) is 19.7 Å². The SMILES string of the molecule is C=COC1C2CC3CC(C2)CC1C3.C=COC1CC(C(C)(O)C(F)(F)F)CC(C(C)(C(F)(F)F)C(F)(F)F)C1.C=COCCOC(=O)C12CC3CC(CC(C3)C1)C2. The van der Waals surface area contributed by atoms with Crippen molar-refractivity contribution in [2.75, 3.05) is 13.2 Å². The van der Waals surface area contributed by atoms with E-state index in [1.165, 1.54) is 57.6 Å². The lowest BCUT2D eigenvalue weighted by atomic mass is 9.49. The maximum atomic E-state index is 13.3. The number of alkyl halides is 9. The molecule has 9 fully saturated rings. The summed E-state index contributed by atoms with van der Waals surface area (Å²) in [6, 6.07) is 0. The van der Waals surface area contributed by atoms with E-state index < -0.39 is 66.7 Å². The fourth-order valence-electron chi connectivity index (χ4n) is 12.3. The van der Waals surface area contributed by atoms with Gasteiger partial charge < -0.3 is 24.1 Å². The van der Waals surface area contributed by atoms with Gasteiger partial charge in [-0.25, -0.2) is 0 Å². The predicted octanol–water partition coefficient (Wildman–Crippen LogP) is 11.3. The second-order valence-corrected chi connectivity index (χ2v) is 18.4. The highest BCUT2D eigenvalue weighted by atomic mass is 19.4. The molecular weight excluding hydrogens is 771 g/mol. The van der Waals surface area contributed by atoms with Gasteiger partial charge in [-0.15, -0.1) is 0 Å². The molecule has 0 saturated heterocycles. The Balaban J connectivity index is 0.000000172. The Hall–Kier alpha value is -2.58. The molecule has 4 atom stereocenters. The highest BCUT2D eigenvalue weighted by Crippen LogP contribution is 2.62. The average molecular weight is 831 g/mol. The van der Waals surface area contributed by atoms with Gasteiger partial charge in [0, 0.05) is 5.92 Å². The molecule has 0 spiro atoms. The first-order chi connectivity index (χ1) is 26.5. The summed E-state index contributed by atoms with van der Waals surface area (Å²) in [4.78, 5) is 12.4. The van der Waals surface area contributed by atoms with Crippen LogP contribution in [0.5, 0.6) is 0 Å². The van der Waals surface area contributed by atoms with Gasteiger partial charge in [-0.05, 0) is 151 Å². The molecule has 326 valence electrons. The van der Waals surface area contributed by atoms with E-state index in [0.717, 1.165) is 66.9 Å². The van der Waals surface area contributed by atoms with Crippen molar-refractivity contribution in [3.05, 3.63) is 38.5 Å². The summed E-state index contributed by atoms with van der Waals surface area (Å²) in [5, 5.41) is 9.78. The minimum Gasteiger partial charge on any atom is -0.499 e. The second kappa shape index (κ2) is 17.2. The van der Waals surface area contributed by atoms with Gasteiger partial charge in [0.25, 0.3) is 0 Å². The van der Waals surface area contributed by atoms with Crippen LogP contribution in [0.3, 0.4) is 0 Å². The van der Waals surface area contributed by atoms with Gasteiger partial charge in [0.2, 0.25) is 0 Å². The lowest BCUT2D eigenvalue weighted by Crippen LogP contribution is -2.58. The van der Waals surface area contributed by atoms with Crippen LogP contribution in [0.15, 0.2) is 38.5 Å². The molecule has 0 amide bonds. The van der Waals surface area contributed by atoms with Gasteiger partial charge in [0.1, 0.15) is 19.3 Å². The zero-order valence-corrected chi connectivity index (χ0v) is 32.9. The third-order valence-electron chi connectivity index (χ3n) is 14.7. The highest BCUT2D eigenvalue weighted by Gasteiger charge is 2.72. The zero-order valence-electron chi connectivity index (χ0n) is 32.9. The summed E-state index contributed by atoms with van der Waals surface area (Å²) >= 11 is 0. The molecule has 0 heterocycles. The monoisotopic (exact) mass is 830 g/mol. The van der Waals surface area contributed by atoms with Gasteiger partial charge in [0.15, 0.2) is 11.0 Å². The van der Waals surface area contributed by atoms with Crippen LogP contribution in [0.2, 0.25) is 0 Å². The van der Waals surface area contributed by atoms with Gasteiger partial charge in [-0.2, -0.15) is 39.5 Å². The van der Waals surface area contributed by atoms with Gasteiger partial charge in [0.05, 0.1) is 30.3 Å². The minimum atomic E-state index is -5.75. The first-order valence-electron chi connectivity index (χ1n) is 20.3. The van der Waals surface area contributed by atoms with Gasteiger partial charge >= 0.3 is 24.5 Å². The molecule has 0 aromatic heterocycles. The van der Waals surface area contributed by atoms with Crippen LogP contribution in [0.4, 0.5) is 39.5 Å². The Morgan fingerprint density at radius 3 is 1.49 bits per heavy atom. The number of carbonyl (C=O) groups excluding carboxylic acids is 1. The zero-order chi connectivity index (χ0) is 42.2. The molecule has 1 N–H and O–H groups in total. The normalized spacial score (nSPS) is 37.6. The summed E-state index contributed by atoms with van der Waals surface area (Å²) in [5.74, 6) is 2.06. The molecule has 9 saturated carbocycles. The maximum absolute atomic E-state index is 13.3. The van der Waals surface area contributed by atoms with Gasteiger partial charge in [-0.1, -0.05) is 19.7 Å². The highest BCUT2D eigenvalue weighted by molar-refractivity contribution is 5.77. The number of halogens is 9. The summed E-state index contributed by atoms with van der Waals surface area (Å²) < 4.78 is 140. The topological polar surface area (TPSA) is 74.2 Å². The molecule has 0 aliphatic heterocycles. The number of rotatable bonds is 11. The second-order valence-electron chi connectivity index (χ2n) is 18.4. The van der Waals surface area contributed by atoms with Crippen molar-refractivity contribution in [1.82, 2.24) is 0 Å². The van der Waals surface area contributed by atoms with E-state index in [0.29, 0.717) is 26.2 Å². The molecule has 9 aliphatic rings. The molecule has 6 nitrogen and oxygen atoms in total. The maximum Gasteiger partial charge on any atom is 0.417 e. The summed E-state index contributed by atoms with van der Waals surface area (Å²) in [6.07, 6.45) is -1.68. The van der Waals surface area contributed by atoms with E-state index in [4.69, 9.17) is 18.9 Å². The van der Waals surface area contributed by atoms with Crippen molar-refractivity contribution in [1.29, 1.82) is 0 Å². The standard InChI is InChI=1S/C15H19F9O2.C15H22O3.C12H18O/c1-4-26-10-6-8(11(2,13(16,17)18)14(19,20)21)5-9(7-10)12(3,25)15(22,23)24;1-2-17-3-4-18-14(16)15-8-11-5-12(9-15)7-13(6-11)10-15;1-2-13-12-10-4-8-3-9(6-10)7-11(12)5-8/h4,8-10,25H,1,5-7H2,2-3H3;2,11-13H,1,3-10H2;2,8-12H,1,3-7H2. The van der Waals surface area contributed by atoms with Crippen molar-refractivity contribution < 1.29 is 68.4 Å². The van der Waals surface area contributed by atoms with Crippen molar-refractivity contribution in [3.63, 3.8) is 0 Å². The number of carbonyl (C=O) groups is 1. The third-order valence-corrected chi connectivity index (χ3v) is 14.7. The lowest BCUT2D eigenvalue weighted by Gasteiger charge is -2.55. The molecular formula is C42H59F9O6. The van der Waals surface area contributed by atoms with Crippen LogP contribution in [0.25, 0.3) is 0 Å². The smallest absolute Gasteiger partial charge is 0.417 e. The Labute approximate surface area is 330 Å². The number of esters is 1. The van der Waals surface area contributed by atoms with Crippen LogP contribution in [-0.2, 0) is 23.7 Å². The third kappa shape index (κ3) is 9.58. The molecule has 8 bridgehead atoms. The molecule has 0 aromatic rings. The van der Waals surface area contributed by atoms with Crippen molar-refractivity contribution in [3.8, 4) is 0 Å². The number of hydrogen-bond donors (Lipinski definition) is 1. The van der Waals surface area contributed by atoms with E-state index in [-0.39, 0.29) is 18.3 Å². The minimum absolute atomic E-state index is 0.0364. The van der Waals surface area contributed by atoms with E-state index in [1.807, 2.05) is 0 Å². The van der Waals surface area contributed by atoms with Crippen LogP contribution in [0.1, 0.15) is 104 Å². The molecule has 0 aromatic carbocycles. The lowest BCUT2D eigenvalue weighted by molar-refractivity contribution is -0.360. The van der Waals surface area contributed by atoms with Crippen molar-refractivity contribution >= 4 is 5.97 Å². The molecule has 9 aliphatic carbocycles. The Kier molecular flexibility index (Phi) is 13.7. The summed E-state index contributed by atoms with van der Waals surface area (Å²) in [5.41, 5.74) is -7.85. The van der Waals surface area contributed by atoms with E-state index >= 15 is 0 Å². The Morgan fingerprint density at radius 1 is 0.614 bits per heavy atom. The first kappa shape index (κ1) is 45.5.